The van der Waals surface area contributed by atoms with Gasteiger partial charge >= 0.3 is 0 Å². The van der Waals surface area contributed by atoms with Gasteiger partial charge in [0.2, 0.25) is 20.0 Å². The van der Waals surface area contributed by atoms with E-state index in [1.807, 2.05) is 38.1 Å². The van der Waals surface area contributed by atoms with Crippen LogP contribution < -0.4 is 21.7 Å². The fraction of sp³-hybridized carbons (Fsp3) is 0.0588. The van der Waals surface area contributed by atoms with Crippen molar-refractivity contribution in [2.45, 2.75) is 23.6 Å². The van der Waals surface area contributed by atoms with E-state index in [1.54, 1.807) is 60.7 Å². The molecule has 0 saturated carbocycles. The van der Waals surface area contributed by atoms with Crippen molar-refractivity contribution < 1.29 is 16.8 Å². The molecule has 0 saturated heterocycles. The topological polar surface area (TPSA) is 222 Å². The summed E-state index contributed by atoms with van der Waals surface area (Å²) < 4.78 is 49.1. The molecule has 0 aromatic heterocycles. The molecule has 0 fully saturated rings. The van der Waals surface area contributed by atoms with E-state index in [-0.39, 0.29) is 32.5 Å². The molecule has 0 amide bonds. The first kappa shape index (κ1) is 32.4. The number of aryl methyl sites for hydroxylation is 2. The Morgan fingerprint density at radius 2 is 0.792 bits per heavy atom. The van der Waals surface area contributed by atoms with Crippen LogP contribution in [0.1, 0.15) is 11.1 Å². The van der Waals surface area contributed by atoms with Crippen LogP contribution in [0.2, 0.25) is 0 Å². The lowest BCUT2D eigenvalue weighted by atomic mass is 10.0. The van der Waals surface area contributed by atoms with Crippen LogP contribution in [0.15, 0.2) is 127 Å². The number of fused-ring (bicyclic) bond motifs is 2. The molecule has 48 heavy (non-hydrogen) atoms. The second kappa shape index (κ2) is 12.2. The van der Waals surface area contributed by atoms with Gasteiger partial charge in [0, 0.05) is 21.5 Å². The summed E-state index contributed by atoms with van der Waals surface area (Å²) in [5, 5.41) is 30.1. The van der Waals surface area contributed by atoms with Gasteiger partial charge in [0.1, 0.15) is 11.4 Å². The molecule has 12 nitrogen and oxygen atoms in total. The standard InChI is InChI=1S/C34H30N8O4S2/c1-19-15-21(11-13-27(19)39-41-29-17-31(47(37,43)44)23-7-3-5-9-25(23)33(29)35)22-12-14-28(20(2)16-22)40-42-30-18-32(48(38,45)46)24-8-4-6-10-26(24)34(30)36/h3-18H,35-36H2,1-2H3,(H2,37,43,44)(H2,38,45,46). The third-order valence-electron chi connectivity index (χ3n) is 7.92. The van der Waals surface area contributed by atoms with Gasteiger partial charge in [-0.25, -0.2) is 27.1 Å². The number of anilines is 2. The largest absolute Gasteiger partial charge is 0.396 e. The van der Waals surface area contributed by atoms with Crippen LogP contribution in [0.5, 0.6) is 0 Å². The van der Waals surface area contributed by atoms with Crippen LogP contribution in [-0.2, 0) is 20.0 Å². The maximum Gasteiger partial charge on any atom is 0.238 e. The van der Waals surface area contributed by atoms with Crippen molar-refractivity contribution in [1.29, 1.82) is 0 Å². The van der Waals surface area contributed by atoms with E-state index in [2.05, 4.69) is 20.5 Å². The molecule has 6 aromatic rings. The van der Waals surface area contributed by atoms with Crippen LogP contribution in [-0.4, -0.2) is 16.8 Å². The molecular weight excluding hydrogens is 649 g/mol. The molecule has 14 heteroatoms. The summed E-state index contributed by atoms with van der Waals surface area (Å²) in [5.41, 5.74) is 18.2. The maximum atomic E-state index is 12.3. The van der Waals surface area contributed by atoms with Gasteiger partial charge in [-0.15, -0.1) is 10.2 Å². The van der Waals surface area contributed by atoms with E-state index < -0.39 is 20.0 Å². The van der Waals surface area contributed by atoms with Crippen LogP contribution in [0, 0.1) is 13.8 Å². The van der Waals surface area contributed by atoms with Crippen LogP contribution in [0.3, 0.4) is 0 Å². The summed E-state index contributed by atoms with van der Waals surface area (Å²) in [6.07, 6.45) is 0. The zero-order valence-corrected chi connectivity index (χ0v) is 27.4. The molecule has 0 aliphatic carbocycles. The molecule has 6 aromatic carbocycles. The number of nitrogen functional groups attached to an aromatic ring is 2. The predicted octanol–water partition coefficient (Wildman–Crippen LogP) is 7.57. The van der Waals surface area contributed by atoms with Crippen molar-refractivity contribution in [3.63, 3.8) is 0 Å². The number of azo groups is 2. The van der Waals surface area contributed by atoms with Gasteiger partial charge in [-0.2, -0.15) is 10.2 Å². The summed E-state index contributed by atoms with van der Waals surface area (Å²) >= 11 is 0. The van der Waals surface area contributed by atoms with E-state index in [0.717, 1.165) is 22.3 Å². The Labute approximate surface area is 276 Å². The fourth-order valence-corrected chi connectivity index (χ4v) is 6.97. The minimum absolute atomic E-state index is 0.0827. The molecule has 0 radical (unpaired) electrons. The Morgan fingerprint density at radius 1 is 0.458 bits per heavy atom. The molecular formula is C34H30N8O4S2. The van der Waals surface area contributed by atoms with E-state index in [0.29, 0.717) is 32.9 Å². The summed E-state index contributed by atoms with van der Waals surface area (Å²) in [4.78, 5) is -0.165. The van der Waals surface area contributed by atoms with Crippen molar-refractivity contribution in [3.8, 4) is 11.1 Å². The van der Waals surface area contributed by atoms with Gasteiger partial charge in [-0.1, -0.05) is 60.7 Å². The average molecular weight is 679 g/mol. The predicted molar refractivity (Wildman–Crippen MR) is 189 cm³/mol. The summed E-state index contributed by atoms with van der Waals surface area (Å²) in [6.45, 7) is 3.77. The van der Waals surface area contributed by atoms with Gasteiger partial charge < -0.3 is 11.5 Å². The number of hydrogen-bond acceptors (Lipinski definition) is 10. The Kier molecular flexibility index (Phi) is 8.26. The second-order valence-corrected chi connectivity index (χ2v) is 14.3. The number of nitrogens with zero attached hydrogens (tertiary/aromatic N) is 4. The molecule has 0 spiro atoms. The summed E-state index contributed by atoms with van der Waals surface area (Å²) in [7, 11) is -8.08. The lowest BCUT2D eigenvalue weighted by molar-refractivity contribution is 0.597. The Morgan fingerprint density at radius 3 is 1.12 bits per heavy atom. The summed E-state index contributed by atoms with van der Waals surface area (Å²) in [6, 6.07) is 27.6. The number of benzene rings is 6. The van der Waals surface area contributed by atoms with Gasteiger partial charge in [-0.3, -0.25) is 0 Å². The molecule has 242 valence electrons. The van der Waals surface area contributed by atoms with Crippen LogP contribution >= 0.6 is 0 Å². The quantitative estimate of drug-likeness (QED) is 0.0983. The SMILES string of the molecule is Cc1cc(-c2ccc(N=Nc3cc(S(N)(=O)=O)c4ccccc4c3N)c(C)c2)ccc1N=Nc1cc(S(N)(=O)=O)c2ccccc2c1N. The van der Waals surface area contributed by atoms with E-state index in [1.165, 1.54) is 12.1 Å². The zero-order chi connectivity index (χ0) is 34.4. The van der Waals surface area contributed by atoms with E-state index in [4.69, 9.17) is 21.7 Å². The lowest BCUT2D eigenvalue weighted by Crippen LogP contribution is -2.13. The van der Waals surface area contributed by atoms with Crippen molar-refractivity contribution in [3.05, 3.63) is 108 Å². The molecule has 0 atom stereocenters. The maximum absolute atomic E-state index is 12.3. The molecule has 0 aliphatic rings. The van der Waals surface area contributed by atoms with Gasteiger partial charge in [0.25, 0.3) is 0 Å². The van der Waals surface area contributed by atoms with E-state index in [9.17, 15) is 16.8 Å². The van der Waals surface area contributed by atoms with Crippen molar-refractivity contribution in [1.82, 2.24) is 0 Å². The highest BCUT2D eigenvalue weighted by molar-refractivity contribution is 7.89. The summed E-state index contributed by atoms with van der Waals surface area (Å²) in [5.74, 6) is 0. The highest BCUT2D eigenvalue weighted by Gasteiger charge is 2.19. The molecule has 0 bridgehead atoms. The van der Waals surface area contributed by atoms with Crippen LogP contribution in [0.25, 0.3) is 32.7 Å². The first-order valence-electron chi connectivity index (χ1n) is 14.5. The van der Waals surface area contributed by atoms with Gasteiger partial charge in [0.05, 0.1) is 32.5 Å². The Balaban J connectivity index is 1.28. The van der Waals surface area contributed by atoms with Gasteiger partial charge in [0.15, 0.2) is 0 Å². The number of nitrogens with two attached hydrogens (primary N) is 4. The lowest BCUT2D eigenvalue weighted by Gasteiger charge is -2.10. The van der Waals surface area contributed by atoms with Crippen LogP contribution in [0.4, 0.5) is 34.1 Å². The smallest absolute Gasteiger partial charge is 0.238 e. The number of hydrogen-bond donors (Lipinski definition) is 4. The monoisotopic (exact) mass is 678 g/mol. The normalized spacial score (nSPS) is 12.5. The minimum Gasteiger partial charge on any atom is -0.396 e. The first-order chi connectivity index (χ1) is 22.7. The average Bonchev–Trinajstić information content (AvgIpc) is 3.04. The van der Waals surface area contributed by atoms with E-state index >= 15 is 0 Å². The molecule has 0 unspecified atom stereocenters. The van der Waals surface area contributed by atoms with Crippen molar-refractivity contribution >= 4 is 75.7 Å². The number of sulfonamides is 2. The number of primary sulfonamides is 2. The highest BCUT2D eigenvalue weighted by Crippen LogP contribution is 2.39. The first-order valence-corrected chi connectivity index (χ1v) is 17.5. The fourth-order valence-electron chi connectivity index (χ4n) is 5.45. The second-order valence-electron chi connectivity index (χ2n) is 11.2. The van der Waals surface area contributed by atoms with Crippen molar-refractivity contribution in [2.24, 2.45) is 30.7 Å². The minimum atomic E-state index is -4.04. The third-order valence-corrected chi connectivity index (χ3v) is 9.83. The molecule has 8 N–H and O–H groups in total. The third kappa shape index (κ3) is 6.24. The molecule has 6 rings (SSSR count). The number of rotatable bonds is 7. The molecule has 0 aliphatic heterocycles. The van der Waals surface area contributed by atoms with Crippen molar-refractivity contribution in [2.75, 3.05) is 11.5 Å². The molecule has 0 heterocycles. The Hall–Kier alpha value is -5.54. The zero-order valence-electron chi connectivity index (χ0n) is 25.8. The Bertz CT molecular complexity index is 2390. The van der Waals surface area contributed by atoms with Gasteiger partial charge in [-0.05, 0) is 72.5 Å². The highest BCUT2D eigenvalue weighted by atomic mass is 32.2.